The molecule has 2 unspecified atom stereocenters. The van der Waals surface area contributed by atoms with E-state index in [1.54, 1.807) is 6.20 Å². The third kappa shape index (κ3) is 2.95. The fourth-order valence-corrected chi connectivity index (χ4v) is 2.43. The molecule has 1 saturated carbocycles. The van der Waals surface area contributed by atoms with Crippen molar-refractivity contribution in [1.29, 1.82) is 0 Å². The van der Waals surface area contributed by atoms with Crippen molar-refractivity contribution < 1.29 is 0 Å². The second-order valence-electron chi connectivity index (χ2n) is 3.88. The average molecular weight is 246 g/mol. The van der Waals surface area contributed by atoms with Gasteiger partial charge in [-0.3, -0.25) is 0 Å². The van der Waals surface area contributed by atoms with Gasteiger partial charge in [-0.15, -0.1) is 11.6 Å². The number of nitrogens with zero attached hydrogens (tertiary/aromatic N) is 2. The molecule has 0 amide bonds. The Bertz CT molecular complexity index is 332. The summed E-state index contributed by atoms with van der Waals surface area (Å²) in [5, 5.41) is 4.15. The van der Waals surface area contributed by atoms with E-state index in [-0.39, 0.29) is 0 Å². The lowest BCUT2D eigenvalue weighted by atomic mass is 10.1. The maximum absolute atomic E-state index is 6.04. The maximum atomic E-state index is 6.04. The summed E-state index contributed by atoms with van der Waals surface area (Å²) in [6.45, 7) is 0.889. The highest BCUT2D eigenvalue weighted by molar-refractivity contribution is 6.32. The molecule has 0 aromatic carbocycles. The number of hydrogen-bond acceptors (Lipinski definition) is 3. The van der Waals surface area contributed by atoms with E-state index >= 15 is 0 Å². The molecule has 1 aromatic heterocycles. The molecule has 1 fully saturated rings. The fourth-order valence-electron chi connectivity index (χ4n) is 1.88. The van der Waals surface area contributed by atoms with Crippen LogP contribution < -0.4 is 5.32 Å². The Balaban J connectivity index is 1.86. The van der Waals surface area contributed by atoms with Gasteiger partial charge in [0.15, 0.2) is 0 Å². The van der Waals surface area contributed by atoms with Crippen LogP contribution in [-0.2, 0) is 0 Å². The molecule has 0 bridgehead atoms. The Labute approximate surface area is 99.2 Å². The number of aromatic nitrogens is 2. The third-order valence-electron chi connectivity index (χ3n) is 2.70. The van der Waals surface area contributed by atoms with Gasteiger partial charge < -0.3 is 5.32 Å². The van der Waals surface area contributed by atoms with Crippen molar-refractivity contribution in [2.75, 3.05) is 11.9 Å². The molecule has 1 aliphatic carbocycles. The van der Waals surface area contributed by atoms with Crippen molar-refractivity contribution in [1.82, 2.24) is 9.97 Å². The maximum Gasteiger partial charge on any atom is 0.148 e. The molecule has 5 heteroatoms. The van der Waals surface area contributed by atoms with Crippen LogP contribution >= 0.6 is 23.2 Å². The van der Waals surface area contributed by atoms with Crippen LogP contribution in [0.15, 0.2) is 12.5 Å². The van der Waals surface area contributed by atoms with Crippen molar-refractivity contribution in [2.45, 2.75) is 24.6 Å². The second-order valence-corrected chi connectivity index (χ2v) is 4.90. The van der Waals surface area contributed by atoms with Gasteiger partial charge in [0.25, 0.3) is 0 Å². The van der Waals surface area contributed by atoms with Crippen LogP contribution in [-0.4, -0.2) is 21.9 Å². The molecule has 15 heavy (non-hydrogen) atoms. The predicted molar refractivity (Wildman–Crippen MR) is 62.5 cm³/mol. The largest absolute Gasteiger partial charge is 0.368 e. The van der Waals surface area contributed by atoms with Gasteiger partial charge in [-0.05, 0) is 25.2 Å². The van der Waals surface area contributed by atoms with Crippen molar-refractivity contribution in [2.24, 2.45) is 5.92 Å². The van der Waals surface area contributed by atoms with Crippen LogP contribution in [0.25, 0.3) is 0 Å². The molecule has 0 saturated heterocycles. The lowest BCUT2D eigenvalue weighted by Crippen LogP contribution is -2.12. The lowest BCUT2D eigenvalue weighted by molar-refractivity contribution is 0.579. The molecule has 0 spiro atoms. The van der Waals surface area contributed by atoms with Gasteiger partial charge in [-0.25, -0.2) is 9.97 Å². The molecule has 0 aliphatic heterocycles. The van der Waals surface area contributed by atoms with Crippen LogP contribution in [0.4, 0.5) is 5.82 Å². The van der Waals surface area contributed by atoms with Crippen LogP contribution in [0.5, 0.6) is 0 Å². The highest BCUT2D eigenvalue weighted by Crippen LogP contribution is 2.29. The van der Waals surface area contributed by atoms with E-state index in [1.165, 1.54) is 12.7 Å². The molecule has 2 rings (SSSR count). The topological polar surface area (TPSA) is 37.8 Å². The molecule has 2 atom stereocenters. The molecule has 1 aliphatic rings. The van der Waals surface area contributed by atoms with Crippen molar-refractivity contribution in [3.63, 3.8) is 0 Å². The summed E-state index contributed by atoms with van der Waals surface area (Å²) in [6.07, 6.45) is 6.47. The Kier molecular flexibility index (Phi) is 3.65. The molecule has 82 valence electrons. The first-order chi connectivity index (χ1) is 7.25. The van der Waals surface area contributed by atoms with Crippen molar-refractivity contribution in [3.8, 4) is 0 Å². The summed E-state index contributed by atoms with van der Waals surface area (Å²) in [5.41, 5.74) is 0. The number of halogens is 2. The first-order valence-electron chi connectivity index (χ1n) is 5.09. The van der Waals surface area contributed by atoms with Crippen molar-refractivity contribution >= 4 is 29.0 Å². The minimum Gasteiger partial charge on any atom is -0.368 e. The van der Waals surface area contributed by atoms with Gasteiger partial charge >= 0.3 is 0 Å². The van der Waals surface area contributed by atoms with E-state index < -0.39 is 0 Å². The van der Waals surface area contributed by atoms with E-state index in [4.69, 9.17) is 23.2 Å². The summed E-state index contributed by atoms with van der Waals surface area (Å²) in [4.78, 5) is 7.90. The summed E-state index contributed by atoms with van der Waals surface area (Å²) >= 11 is 12.0. The van der Waals surface area contributed by atoms with Gasteiger partial charge in [0.2, 0.25) is 0 Å². The number of nitrogens with one attached hydrogen (secondary N) is 1. The van der Waals surface area contributed by atoms with Crippen molar-refractivity contribution in [3.05, 3.63) is 17.5 Å². The average Bonchev–Trinajstić information content (AvgIpc) is 2.63. The minimum absolute atomic E-state index is 0.345. The molecular formula is C10H13Cl2N3. The van der Waals surface area contributed by atoms with E-state index in [0.717, 1.165) is 19.4 Å². The number of rotatable bonds is 3. The lowest BCUT2D eigenvalue weighted by Gasteiger charge is -2.11. The Hall–Kier alpha value is -0.540. The predicted octanol–water partition coefficient (Wildman–Crippen LogP) is 2.95. The van der Waals surface area contributed by atoms with Gasteiger partial charge in [-0.1, -0.05) is 11.6 Å². The third-order valence-corrected chi connectivity index (χ3v) is 3.38. The minimum atomic E-state index is 0.345. The normalized spacial score (nSPS) is 25.5. The Morgan fingerprint density at radius 2 is 2.33 bits per heavy atom. The van der Waals surface area contributed by atoms with Gasteiger partial charge in [-0.2, -0.15) is 0 Å². The Morgan fingerprint density at radius 3 is 3.00 bits per heavy atom. The Morgan fingerprint density at radius 1 is 1.47 bits per heavy atom. The van der Waals surface area contributed by atoms with Gasteiger partial charge in [0.05, 0.1) is 6.20 Å². The molecule has 1 N–H and O–H groups in total. The van der Waals surface area contributed by atoms with E-state index in [9.17, 15) is 0 Å². The van der Waals surface area contributed by atoms with Gasteiger partial charge in [0.1, 0.15) is 17.2 Å². The second kappa shape index (κ2) is 4.99. The quantitative estimate of drug-likeness (QED) is 0.833. The summed E-state index contributed by atoms with van der Waals surface area (Å²) < 4.78 is 0. The van der Waals surface area contributed by atoms with Gasteiger partial charge in [0, 0.05) is 11.9 Å². The fraction of sp³-hybridized carbons (Fsp3) is 0.600. The SMILES string of the molecule is Clc1cncnc1NCC1CCC(Cl)C1. The van der Waals surface area contributed by atoms with E-state index in [2.05, 4.69) is 15.3 Å². The van der Waals surface area contributed by atoms with Crippen LogP contribution in [0, 0.1) is 5.92 Å². The van der Waals surface area contributed by atoms with Crippen LogP contribution in [0.1, 0.15) is 19.3 Å². The number of alkyl halides is 1. The van der Waals surface area contributed by atoms with Crippen LogP contribution in [0.2, 0.25) is 5.02 Å². The van der Waals surface area contributed by atoms with Crippen LogP contribution in [0.3, 0.4) is 0 Å². The first kappa shape index (κ1) is 11.0. The zero-order valence-electron chi connectivity index (χ0n) is 8.29. The zero-order valence-corrected chi connectivity index (χ0v) is 9.80. The molecule has 1 aromatic rings. The monoisotopic (exact) mass is 245 g/mol. The molecule has 0 radical (unpaired) electrons. The van der Waals surface area contributed by atoms with E-state index in [1.807, 2.05) is 0 Å². The molecular weight excluding hydrogens is 233 g/mol. The summed E-state index contributed by atoms with van der Waals surface area (Å²) in [7, 11) is 0. The molecule has 3 nitrogen and oxygen atoms in total. The zero-order chi connectivity index (χ0) is 10.7. The first-order valence-corrected chi connectivity index (χ1v) is 5.90. The summed E-state index contributed by atoms with van der Waals surface area (Å²) in [5.74, 6) is 1.35. The molecule has 1 heterocycles. The van der Waals surface area contributed by atoms with E-state index in [0.29, 0.717) is 22.1 Å². The standard InChI is InChI=1S/C10H13Cl2N3/c11-8-2-1-7(3-8)4-14-10-9(12)5-13-6-15-10/h5-8H,1-4H2,(H,13,14,15). The summed E-state index contributed by atoms with van der Waals surface area (Å²) in [6, 6.07) is 0. The highest BCUT2D eigenvalue weighted by atomic mass is 35.5. The highest BCUT2D eigenvalue weighted by Gasteiger charge is 2.22. The number of anilines is 1. The number of hydrogen-bond donors (Lipinski definition) is 1. The smallest absolute Gasteiger partial charge is 0.148 e.